The molecule has 0 aromatic heterocycles. The molecule has 1 aromatic carbocycles. The maximum Gasteiger partial charge on any atom is 0.325 e. The molecule has 1 saturated heterocycles. The molecule has 0 bridgehead atoms. The molecule has 1 aromatic rings. The van der Waals surface area contributed by atoms with Gasteiger partial charge in [-0.1, -0.05) is 30.3 Å². The Bertz CT molecular complexity index is 461. The summed E-state index contributed by atoms with van der Waals surface area (Å²) in [5.74, 6) is -0.380. The summed E-state index contributed by atoms with van der Waals surface area (Å²) < 4.78 is 4.89. The number of piperazine rings is 1. The van der Waals surface area contributed by atoms with E-state index in [2.05, 4.69) is 5.32 Å². The minimum atomic E-state index is -0.346. The highest BCUT2D eigenvalue weighted by Gasteiger charge is 2.29. The molecule has 0 aliphatic carbocycles. The van der Waals surface area contributed by atoms with Crippen LogP contribution in [0.1, 0.15) is 12.5 Å². The topological polar surface area (TPSA) is 58.6 Å². The van der Waals surface area contributed by atoms with E-state index in [4.69, 9.17) is 4.74 Å². The SMILES string of the molecule is CCOC(=O)CN1CCN[C@@H](Cc2ccccc2)C1=O. The second kappa shape index (κ2) is 7.05. The fraction of sp³-hybridized carbons (Fsp3) is 0.467. The Morgan fingerprint density at radius 3 is 2.85 bits per heavy atom. The zero-order valence-electron chi connectivity index (χ0n) is 11.7. The lowest BCUT2D eigenvalue weighted by atomic mass is 10.0. The van der Waals surface area contributed by atoms with Crippen molar-refractivity contribution in [2.45, 2.75) is 19.4 Å². The van der Waals surface area contributed by atoms with Crippen LogP contribution in [0.4, 0.5) is 0 Å². The molecule has 1 aliphatic rings. The lowest BCUT2D eigenvalue weighted by Crippen LogP contribution is -2.57. The third-order valence-corrected chi connectivity index (χ3v) is 3.29. The predicted molar refractivity (Wildman–Crippen MR) is 75.1 cm³/mol. The highest BCUT2D eigenvalue weighted by Crippen LogP contribution is 2.09. The summed E-state index contributed by atoms with van der Waals surface area (Å²) in [6.45, 7) is 3.38. The molecule has 1 aliphatic heterocycles. The van der Waals surface area contributed by atoms with Gasteiger partial charge in [-0.15, -0.1) is 0 Å². The first kappa shape index (κ1) is 14.5. The van der Waals surface area contributed by atoms with E-state index < -0.39 is 0 Å². The molecule has 1 N–H and O–H groups in total. The highest BCUT2D eigenvalue weighted by molar-refractivity contribution is 5.86. The Kier molecular flexibility index (Phi) is 5.12. The van der Waals surface area contributed by atoms with Crippen LogP contribution < -0.4 is 5.32 Å². The summed E-state index contributed by atoms with van der Waals surface area (Å²) in [6.07, 6.45) is 0.638. The van der Waals surface area contributed by atoms with E-state index in [1.807, 2.05) is 30.3 Å². The van der Waals surface area contributed by atoms with Crippen LogP contribution in [0.3, 0.4) is 0 Å². The number of nitrogens with zero attached hydrogens (tertiary/aromatic N) is 1. The van der Waals surface area contributed by atoms with Gasteiger partial charge in [0.15, 0.2) is 0 Å². The highest BCUT2D eigenvalue weighted by atomic mass is 16.5. The molecule has 1 fully saturated rings. The number of nitrogens with one attached hydrogen (secondary N) is 1. The molecule has 5 nitrogen and oxygen atoms in total. The fourth-order valence-electron chi connectivity index (χ4n) is 2.32. The Morgan fingerprint density at radius 1 is 1.40 bits per heavy atom. The standard InChI is InChI=1S/C15H20N2O3/c1-2-20-14(18)11-17-9-8-16-13(15(17)19)10-12-6-4-3-5-7-12/h3-7,13,16H,2,8-11H2,1H3/t13-/m0/s1. The Hall–Kier alpha value is -1.88. The van der Waals surface area contributed by atoms with Gasteiger partial charge in [0.2, 0.25) is 5.91 Å². The average molecular weight is 276 g/mol. The molecule has 5 heteroatoms. The number of amides is 1. The number of hydrogen-bond donors (Lipinski definition) is 1. The van der Waals surface area contributed by atoms with Crippen molar-refractivity contribution in [1.29, 1.82) is 0 Å². The predicted octanol–water partition coefficient (Wildman–Crippen LogP) is 0.593. The molecule has 0 spiro atoms. The van der Waals surface area contributed by atoms with Crippen molar-refractivity contribution in [3.05, 3.63) is 35.9 Å². The Morgan fingerprint density at radius 2 is 2.15 bits per heavy atom. The lowest BCUT2D eigenvalue weighted by molar-refractivity contribution is -0.150. The molecular formula is C15H20N2O3. The van der Waals surface area contributed by atoms with Gasteiger partial charge in [-0.05, 0) is 18.9 Å². The average Bonchev–Trinajstić information content (AvgIpc) is 2.45. The van der Waals surface area contributed by atoms with Gasteiger partial charge in [-0.25, -0.2) is 0 Å². The van der Waals surface area contributed by atoms with Crippen molar-refractivity contribution in [1.82, 2.24) is 10.2 Å². The first-order valence-electron chi connectivity index (χ1n) is 6.92. The van der Waals surface area contributed by atoms with Crippen molar-refractivity contribution < 1.29 is 14.3 Å². The molecule has 0 unspecified atom stereocenters. The molecule has 0 saturated carbocycles. The molecule has 1 amide bonds. The maximum absolute atomic E-state index is 12.3. The van der Waals surface area contributed by atoms with Crippen molar-refractivity contribution >= 4 is 11.9 Å². The summed E-state index contributed by atoms with van der Waals surface area (Å²) in [5, 5.41) is 3.21. The summed E-state index contributed by atoms with van der Waals surface area (Å²) in [5.41, 5.74) is 1.11. The summed E-state index contributed by atoms with van der Waals surface area (Å²) in [6, 6.07) is 9.60. The second-order valence-corrected chi connectivity index (χ2v) is 4.76. The van der Waals surface area contributed by atoms with Crippen molar-refractivity contribution in [3.8, 4) is 0 Å². The van der Waals surface area contributed by atoms with Gasteiger partial charge in [0.05, 0.1) is 12.6 Å². The molecule has 1 atom stereocenters. The summed E-state index contributed by atoms with van der Waals surface area (Å²) >= 11 is 0. The van der Waals surface area contributed by atoms with Crippen molar-refractivity contribution in [3.63, 3.8) is 0 Å². The fourth-order valence-corrected chi connectivity index (χ4v) is 2.32. The normalized spacial score (nSPS) is 18.9. The van der Waals surface area contributed by atoms with Crippen LogP contribution >= 0.6 is 0 Å². The lowest BCUT2D eigenvalue weighted by Gasteiger charge is -2.32. The number of carbonyl (C=O) groups is 2. The minimum Gasteiger partial charge on any atom is -0.465 e. The van der Waals surface area contributed by atoms with Gasteiger partial charge in [0.1, 0.15) is 6.54 Å². The van der Waals surface area contributed by atoms with Gasteiger partial charge in [-0.2, -0.15) is 0 Å². The molecule has 20 heavy (non-hydrogen) atoms. The van der Waals surface area contributed by atoms with E-state index in [0.717, 1.165) is 5.56 Å². The van der Waals surface area contributed by atoms with Gasteiger partial charge in [-0.3, -0.25) is 9.59 Å². The quantitative estimate of drug-likeness (QED) is 0.800. The van der Waals surface area contributed by atoms with E-state index in [1.54, 1.807) is 11.8 Å². The molecular weight excluding hydrogens is 256 g/mol. The Labute approximate surface area is 118 Å². The van der Waals surface area contributed by atoms with E-state index in [9.17, 15) is 9.59 Å². The summed E-state index contributed by atoms with van der Waals surface area (Å²) in [4.78, 5) is 25.4. The third-order valence-electron chi connectivity index (χ3n) is 3.29. The largest absolute Gasteiger partial charge is 0.465 e. The summed E-state index contributed by atoms with van der Waals surface area (Å²) in [7, 11) is 0. The van der Waals surface area contributed by atoms with E-state index in [-0.39, 0.29) is 24.5 Å². The second-order valence-electron chi connectivity index (χ2n) is 4.76. The van der Waals surface area contributed by atoms with Crippen LogP contribution in [0.15, 0.2) is 30.3 Å². The minimum absolute atomic E-state index is 0.0341. The van der Waals surface area contributed by atoms with Crippen LogP contribution in [0.2, 0.25) is 0 Å². The number of rotatable bonds is 5. The number of hydrogen-bond acceptors (Lipinski definition) is 4. The number of benzene rings is 1. The molecule has 0 radical (unpaired) electrons. The smallest absolute Gasteiger partial charge is 0.325 e. The van der Waals surface area contributed by atoms with Gasteiger partial charge in [0.25, 0.3) is 0 Å². The zero-order chi connectivity index (χ0) is 14.4. The van der Waals surface area contributed by atoms with Crippen LogP contribution in [0, 0.1) is 0 Å². The first-order chi connectivity index (χ1) is 9.70. The van der Waals surface area contributed by atoms with E-state index in [1.165, 1.54) is 0 Å². The molecule has 108 valence electrons. The molecule has 1 heterocycles. The van der Waals surface area contributed by atoms with Gasteiger partial charge >= 0.3 is 5.97 Å². The van der Waals surface area contributed by atoms with Crippen LogP contribution in [0.25, 0.3) is 0 Å². The van der Waals surface area contributed by atoms with E-state index in [0.29, 0.717) is 26.1 Å². The zero-order valence-corrected chi connectivity index (χ0v) is 11.7. The number of esters is 1. The van der Waals surface area contributed by atoms with Crippen molar-refractivity contribution in [2.24, 2.45) is 0 Å². The van der Waals surface area contributed by atoms with Crippen LogP contribution in [0.5, 0.6) is 0 Å². The van der Waals surface area contributed by atoms with E-state index >= 15 is 0 Å². The van der Waals surface area contributed by atoms with Crippen molar-refractivity contribution in [2.75, 3.05) is 26.2 Å². The number of ether oxygens (including phenoxy) is 1. The number of carbonyl (C=O) groups excluding carboxylic acids is 2. The first-order valence-corrected chi connectivity index (χ1v) is 6.92. The third kappa shape index (κ3) is 3.81. The van der Waals surface area contributed by atoms with Crippen LogP contribution in [-0.4, -0.2) is 49.1 Å². The van der Waals surface area contributed by atoms with Gasteiger partial charge < -0.3 is 15.0 Å². The Balaban J connectivity index is 1.94. The maximum atomic E-state index is 12.3. The van der Waals surface area contributed by atoms with Crippen LogP contribution in [-0.2, 0) is 20.7 Å². The molecule has 2 rings (SSSR count). The van der Waals surface area contributed by atoms with Gasteiger partial charge in [0, 0.05) is 13.1 Å². The monoisotopic (exact) mass is 276 g/mol.